The molecule has 29 heavy (non-hydrogen) atoms. The summed E-state index contributed by atoms with van der Waals surface area (Å²) < 4.78 is 20.3. The van der Waals surface area contributed by atoms with Crippen LogP contribution in [-0.4, -0.2) is 50.1 Å². The second-order valence-electron chi connectivity index (χ2n) is 7.15. The van der Waals surface area contributed by atoms with E-state index in [0.717, 1.165) is 54.2 Å². The van der Waals surface area contributed by atoms with E-state index in [-0.39, 0.29) is 11.7 Å². The van der Waals surface area contributed by atoms with Crippen molar-refractivity contribution in [1.82, 2.24) is 4.90 Å². The molecular formula is C22H24FN3O2S. The lowest BCUT2D eigenvalue weighted by atomic mass is 10.2. The van der Waals surface area contributed by atoms with E-state index in [1.54, 1.807) is 17.4 Å². The molecule has 1 saturated heterocycles. The van der Waals surface area contributed by atoms with Crippen molar-refractivity contribution < 1.29 is 13.9 Å². The van der Waals surface area contributed by atoms with Crippen LogP contribution < -0.4 is 15.0 Å². The fourth-order valence-electron chi connectivity index (χ4n) is 3.60. The number of ether oxygens (including phenoxy) is 1. The molecule has 4 rings (SSSR count). The number of carbonyl (C=O) groups excluding carboxylic acids is 1. The molecule has 0 bridgehead atoms. The Bertz CT molecular complexity index is 999. The van der Waals surface area contributed by atoms with Gasteiger partial charge in [0, 0.05) is 66.9 Å². The van der Waals surface area contributed by atoms with Gasteiger partial charge in [-0.1, -0.05) is 6.07 Å². The summed E-state index contributed by atoms with van der Waals surface area (Å²) in [6.07, 6.45) is 0. The van der Waals surface area contributed by atoms with Gasteiger partial charge in [-0.15, -0.1) is 11.3 Å². The molecule has 3 aromatic rings. The maximum Gasteiger partial charge on any atom is 0.221 e. The second-order valence-corrected chi connectivity index (χ2v) is 8.06. The first-order chi connectivity index (χ1) is 14.1. The number of nitrogens with zero attached hydrogens (tertiary/aromatic N) is 2. The van der Waals surface area contributed by atoms with E-state index in [1.165, 1.54) is 18.7 Å². The van der Waals surface area contributed by atoms with Crippen LogP contribution in [0.3, 0.4) is 0 Å². The van der Waals surface area contributed by atoms with Gasteiger partial charge in [0.25, 0.3) is 0 Å². The topological polar surface area (TPSA) is 44.8 Å². The van der Waals surface area contributed by atoms with Crippen molar-refractivity contribution in [3.05, 3.63) is 53.7 Å². The van der Waals surface area contributed by atoms with Crippen LogP contribution in [0.1, 0.15) is 6.92 Å². The van der Waals surface area contributed by atoms with Crippen LogP contribution in [0.4, 0.5) is 15.8 Å². The Hall–Kier alpha value is -2.64. The lowest BCUT2D eigenvalue weighted by molar-refractivity contribution is -0.114. The number of halogens is 1. The Morgan fingerprint density at radius 1 is 1.17 bits per heavy atom. The van der Waals surface area contributed by atoms with Crippen LogP contribution in [0.2, 0.25) is 0 Å². The number of piperazine rings is 1. The van der Waals surface area contributed by atoms with Crippen molar-refractivity contribution in [2.45, 2.75) is 6.92 Å². The fraction of sp³-hybridized carbons (Fsp3) is 0.318. The number of amides is 1. The highest BCUT2D eigenvalue weighted by molar-refractivity contribution is 7.17. The maximum absolute atomic E-state index is 13.4. The van der Waals surface area contributed by atoms with E-state index in [4.69, 9.17) is 4.74 Å². The monoisotopic (exact) mass is 413 g/mol. The zero-order chi connectivity index (χ0) is 20.2. The lowest BCUT2D eigenvalue weighted by Gasteiger charge is -2.35. The highest BCUT2D eigenvalue weighted by Crippen LogP contribution is 2.34. The fourth-order valence-corrected chi connectivity index (χ4v) is 4.60. The van der Waals surface area contributed by atoms with E-state index < -0.39 is 0 Å². The van der Waals surface area contributed by atoms with E-state index in [2.05, 4.69) is 20.5 Å². The van der Waals surface area contributed by atoms with Gasteiger partial charge in [-0.2, -0.15) is 0 Å². The summed E-state index contributed by atoms with van der Waals surface area (Å²) in [5.41, 5.74) is 1.95. The Kier molecular flexibility index (Phi) is 5.97. The zero-order valence-corrected chi connectivity index (χ0v) is 17.2. The van der Waals surface area contributed by atoms with Crippen molar-refractivity contribution in [2.24, 2.45) is 0 Å². The molecule has 1 aliphatic heterocycles. The molecule has 0 spiro atoms. The normalized spacial score (nSPS) is 14.9. The van der Waals surface area contributed by atoms with Crippen LogP contribution in [-0.2, 0) is 4.79 Å². The first kappa shape index (κ1) is 19.7. The Morgan fingerprint density at radius 3 is 2.79 bits per heavy atom. The quantitative estimate of drug-likeness (QED) is 0.658. The summed E-state index contributed by atoms with van der Waals surface area (Å²) in [5.74, 6) is 0.480. The smallest absolute Gasteiger partial charge is 0.221 e. The summed E-state index contributed by atoms with van der Waals surface area (Å²) in [6, 6.07) is 12.5. The largest absolute Gasteiger partial charge is 0.492 e. The number of hydrogen-bond acceptors (Lipinski definition) is 5. The molecule has 1 amide bonds. The third-order valence-electron chi connectivity index (χ3n) is 5.06. The number of hydrogen-bond donors (Lipinski definition) is 1. The summed E-state index contributed by atoms with van der Waals surface area (Å²) in [4.78, 5) is 15.9. The van der Waals surface area contributed by atoms with Gasteiger partial charge < -0.3 is 15.0 Å². The minimum Gasteiger partial charge on any atom is -0.492 e. The lowest BCUT2D eigenvalue weighted by Crippen LogP contribution is -2.47. The van der Waals surface area contributed by atoms with Crippen molar-refractivity contribution in [3.63, 3.8) is 0 Å². The van der Waals surface area contributed by atoms with Gasteiger partial charge >= 0.3 is 0 Å². The molecular weight excluding hydrogens is 389 g/mol. The SMILES string of the molecule is CC(=O)Nc1cccc(OCCN2CCN(c3csc4cc(F)ccc34)CC2)c1. The van der Waals surface area contributed by atoms with Gasteiger partial charge in [0.1, 0.15) is 18.2 Å². The molecule has 1 fully saturated rings. The number of fused-ring (bicyclic) bond motifs is 1. The molecule has 0 unspecified atom stereocenters. The highest BCUT2D eigenvalue weighted by Gasteiger charge is 2.19. The third kappa shape index (κ3) is 4.86. The van der Waals surface area contributed by atoms with Crippen molar-refractivity contribution in [3.8, 4) is 5.75 Å². The predicted molar refractivity (Wildman–Crippen MR) is 117 cm³/mol. The van der Waals surface area contributed by atoms with Crippen molar-refractivity contribution >= 4 is 38.7 Å². The van der Waals surface area contributed by atoms with Crippen LogP contribution in [0.5, 0.6) is 5.75 Å². The average molecular weight is 414 g/mol. The van der Waals surface area contributed by atoms with Gasteiger partial charge in [-0.3, -0.25) is 9.69 Å². The highest BCUT2D eigenvalue weighted by atomic mass is 32.1. The molecule has 1 aliphatic rings. The number of carbonyl (C=O) groups is 1. The minimum atomic E-state index is -0.182. The van der Waals surface area contributed by atoms with Gasteiger partial charge in [-0.05, 0) is 30.3 Å². The number of anilines is 2. The Balaban J connectivity index is 1.26. The maximum atomic E-state index is 13.4. The predicted octanol–water partition coefficient (Wildman–Crippen LogP) is 4.20. The van der Waals surface area contributed by atoms with Crippen LogP contribution >= 0.6 is 11.3 Å². The molecule has 7 heteroatoms. The summed E-state index contributed by atoms with van der Waals surface area (Å²) in [5, 5.41) is 6.03. The number of benzene rings is 2. The number of thiophene rings is 1. The molecule has 0 atom stereocenters. The molecule has 0 radical (unpaired) electrons. The second kappa shape index (κ2) is 8.80. The molecule has 2 aromatic carbocycles. The van der Waals surface area contributed by atoms with Gasteiger partial charge in [0.2, 0.25) is 5.91 Å². The Labute approximate surface area is 173 Å². The van der Waals surface area contributed by atoms with Crippen LogP contribution in [0.25, 0.3) is 10.1 Å². The van der Waals surface area contributed by atoms with Gasteiger partial charge in [0.15, 0.2) is 0 Å². The summed E-state index contributed by atoms with van der Waals surface area (Å²) in [7, 11) is 0. The van der Waals surface area contributed by atoms with E-state index in [9.17, 15) is 9.18 Å². The van der Waals surface area contributed by atoms with Crippen LogP contribution in [0, 0.1) is 5.82 Å². The first-order valence-electron chi connectivity index (χ1n) is 9.73. The Morgan fingerprint density at radius 2 is 2.00 bits per heavy atom. The average Bonchev–Trinajstić information content (AvgIpc) is 3.11. The van der Waals surface area contributed by atoms with E-state index in [1.807, 2.05) is 30.3 Å². The number of rotatable bonds is 6. The number of nitrogens with one attached hydrogen (secondary N) is 1. The third-order valence-corrected chi connectivity index (χ3v) is 5.99. The molecule has 1 N–H and O–H groups in total. The summed E-state index contributed by atoms with van der Waals surface area (Å²) >= 11 is 1.60. The molecule has 0 aliphatic carbocycles. The molecule has 1 aromatic heterocycles. The molecule has 5 nitrogen and oxygen atoms in total. The van der Waals surface area contributed by atoms with Crippen molar-refractivity contribution in [1.29, 1.82) is 0 Å². The molecule has 2 heterocycles. The zero-order valence-electron chi connectivity index (χ0n) is 16.4. The molecule has 152 valence electrons. The van der Waals surface area contributed by atoms with E-state index in [0.29, 0.717) is 6.61 Å². The van der Waals surface area contributed by atoms with E-state index >= 15 is 0 Å². The van der Waals surface area contributed by atoms with Gasteiger partial charge in [0.05, 0.1) is 5.69 Å². The van der Waals surface area contributed by atoms with Crippen molar-refractivity contribution in [2.75, 3.05) is 49.5 Å². The standard InChI is InChI=1S/C22H24FN3O2S/c1-16(27)24-18-3-2-4-19(14-18)28-12-11-25-7-9-26(10-8-25)21-15-29-22-13-17(23)5-6-20(21)22/h2-6,13-15H,7-12H2,1H3,(H,24,27). The first-order valence-corrected chi connectivity index (χ1v) is 10.6. The van der Waals surface area contributed by atoms with Gasteiger partial charge in [-0.25, -0.2) is 4.39 Å². The molecule has 0 saturated carbocycles. The summed E-state index contributed by atoms with van der Waals surface area (Å²) in [6.45, 7) is 6.77. The van der Waals surface area contributed by atoms with Crippen LogP contribution in [0.15, 0.2) is 47.8 Å². The minimum absolute atomic E-state index is 0.0939.